The Bertz CT molecular complexity index is 542. The number of hydrogen-bond acceptors (Lipinski definition) is 5. The zero-order valence-electron chi connectivity index (χ0n) is 11.6. The van der Waals surface area contributed by atoms with E-state index in [1.54, 1.807) is 12.1 Å². The van der Waals surface area contributed by atoms with Crippen molar-refractivity contribution in [2.24, 2.45) is 5.92 Å². The zero-order chi connectivity index (χ0) is 14.4. The van der Waals surface area contributed by atoms with E-state index in [1.165, 1.54) is 18.3 Å². The summed E-state index contributed by atoms with van der Waals surface area (Å²) < 4.78 is 12.8. The molecule has 0 spiro atoms. The molecule has 2 aromatic rings. The Morgan fingerprint density at radius 3 is 2.65 bits per heavy atom. The molecule has 0 unspecified atom stereocenters. The molecule has 1 aromatic heterocycles. The predicted octanol–water partition coefficient (Wildman–Crippen LogP) is 3.21. The number of rotatable bonds is 6. The summed E-state index contributed by atoms with van der Waals surface area (Å²) in [5.74, 6) is 1.40. The van der Waals surface area contributed by atoms with Crippen molar-refractivity contribution in [2.75, 3.05) is 17.2 Å². The fraction of sp³-hybridized carbons (Fsp3) is 0.357. The van der Waals surface area contributed by atoms with Crippen molar-refractivity contribution in [3.63, 3.8) is 0 Å². The monoisotopic (exact) mass is 275 g/mol. The minimum atomic E-state index is -0.271. The molecule has 0 fully saturated rings. The summed E-state index contributed by atoms with van der Waals surface area (Å²) in [5.41, 5.74) is 0.750. The van der Waals surface area contributed by atoms with Gasteiger partial charge in [0, 0.05) is 12.2 Å². The molecule has 0 saturated carbocycles. The first-order chi connectivity index (χ1) is 9.63. The number of anilines is 3. The van der Waals surface area contributed by atoms with Crippen molar-refractivity contribution < 1.29 is 4.39 Å². The second-order valence-corrected chi connectivity index (χ2v) is 4.91. The molecule has 2 N–H and O–H groups in total. The second-order valence-electron chi connectivity index (χ2n) is 4.91. The van der Waals surface area contributed by atoms with Crippen LogP contribution in [0.4, 0.5) is 21.8 Å². The smallest absolute Gasteiger partial charge is 0.244 e. The van der Waals surface area contributed by atoms with Gasteiger partial charge in [0.2, 0.25) is 5.95 Å². The fourth-order valence-electron chi connectivity index (χ4n) is 1.59. The van der Waals surface area contributed by atoms with Crippen molar-refractivity contribution >= 4 is 17.5 Å². The van der Waals surface area contributed by atoms with Gasteiger partial charge in [-0.15, -0.1) is 5.10 Å². The van der Waals surface area contributed by atoms with Crippen LogP contribution in [0.25, 0.3) is 0 Å². The first-order valence-corrected chi connectivity index (χ1v) is 6.59. The standard InChI is InChI=1S/C14H18FN5/c1-10(2)7-8-16-14-19-13(9-17-20-14)18-12-5-3-11(15)4-6-12/h3-6,9-10H,7-8H2,1-2H3,(H2,16,18,19,20). The Morgan fingerprint density at radius 2 is 1.95 bits per heavy atom. The van der Waals surface area contributed by atoms with E-state index in [0.717, 1.165) is 18.7 Å². The van der Waals surface area contributed by atoms with Crippen LogP contribution in [0, 0.1) is 11.7 Å². The maximum atomic E-state index is 12.8. The SMILES string of the molecule is CC(C)CCNc1nncc(Nc2ccc(F)cc2)n1. The fourth-order valence-corrected chi connectivity index (χ4v) is 1.59. The van der Waals surface area contributed by atoms with Crippen LogP contribution in [0.15, 0.2) is 30.5 Å². The first-order valence-electron chi connectivity index (χ1n) is 6.59. The van der Waals surface area contributed by atoms with Crippen LogP contribution in [-0.4, -0.2) is 21.7 Å². The van der Waals surface area contributed by atoms with Crippen molar-refractivity contribution in [1.82, 2.24) is 15.2 Å². The zero-order valence-corrected chi connectivity index (χ0v) is 11.6. The molecule has 0 radical (unpaired) electrons. The highest BCUT2D eigenvalue weighted by atomic mass is 19.1. The second kappa shape index (κ2) is 6.79. The average Bonchev–Trinajstić information content (AvgIpc) is 2.41. The molecule has 106 valence electrons. The van der Waals surface area contributed by atoms with E-state index >= 15 is 0 Å². The van der Waals surface area contributed by atoms with Gasteiger partial charge in [0.1, 0.15) is 5.82 Å². The lowest BCUT2D eigenvalue weighted by atomic mass is 10.1. The van der Waals surface area contributed by atoms with Gasteiger partial charge in [-0.05, 0) is 36.6 Å². The number of hydrogen-bond donors (Lipinski definition) is 2. The van der Waals surface area contributed by atoms with Gasteiger partial charge >= 0.3 is 0 Å². The Balaban J connectivity index is 1.96. The summed E-state index contributed by atoms with van der Waals surface area (Å²) in [6.45, 7) is 5.12. The highest BCUT2D eigenvalue weighted by Gasteiger charge is 2.02. The van der Waals surface area contributed by atoms with E-state index in [-0.39, 0.29) is 5.82 Å². The highest BCUT2D eigenvalue weighted by molar-refractivity contribution is 5.55. The number of nitrogens with one attached hydrogen (secondary N) is 2. The van der Waals surface area contributed by atoms with E-state index in [0.29, 0.717) is 17.7 Å². The molecule has 0 aliphatic carbocycles. The number of benzene rings is 1. The summed E-state index contributed by atoms with van der Waals surface area (Å²) in [7, 11) is 0. The van der Waals surface area contributed by atoms with Gasteiger partial charge in [-0.3, -0.25) is 0 Å². The third-order valence-electron chi connectivity index (χ3n) is 2.68. The summed E-state index contributed by atoms with van der Waals surface area (Å²) in [6, 6.07) is 6.06. The highest BCUT2D eigenvalue weighted by Crippen LogP contribution is 2.14. The van der Waals surface area contributed by atoms with Crippen LogP contribution in [0.2, 0.25) is 0 Å². The molecule has 5 nitrogen and oxygen atoms in total. The predicted molar refractivity (Wildman–Crippen MR) is 77.5 cm³/mol. The molecule has 2 rings (SSSR count). The lowest BCUT2D eigenvalue weighted by Gasteiger charge is -2.08. The van der Waals surface area contributed by atoms with Gasteiger partial charge in [-0.1, -0.05) is 13.8 Å². The number of halogens is 1. The Kier molecular flexibility index (Phi) is 4.81. The van der Waals surface area contributed by atoms with Crippen LogP contribution in [0.5, 0.6) is 0 Å². The van der Waals surface area contributed by atoms with Crippen LogP contribution < -0.4 is 10.6 Å². The van der Waals surface area contributed by atoms with Gasteiger partial charge in [-0.25, -0.2) is 4.39 Å². The molecule has 6 heteroatoms. The lowest BCUT2D eigenvalue weighted by molar-refractivity contribution is 0.605. The Morgan fingerprint density at radius 1 is 1.20 bits per heavy atom. The molecule has 20 heavy (non-hydrogen) atoms. The van der Waals surface area contributed by atoms with Crippen LogP contribution >= 0.6 is 0 Å². The van der Waals surface area contributed by atoms with E-state index in [2.05, 4.69) is 39.7 Å². The van der Waals surface area contributed by atoms with Gasteiger partial charge < -0.3 is 10.6 Å². The minimum Gasteiger partial charge on any atom is -0.353 e. The molecule has 0 saturated heterocycles. The molecular formula is C14H18FN5. The molecule has 1 heterocycles. The van der Waals surface area contributed by atoms with Crippen molar-refractivity contribution in [1.29, 1.82) is 0 Å². The van der Waals surface area contributed by atoms with Gasteiger partial charge in [0.25, 0.3) is 0 Å². The van der Waals surface area contributed by atoms with E-state index < -0.39 is 0 Å². The van der Waals surface area contributed by atoms with E-state index in [1.807, 2.05) is 0 Å². The molecule has 0 amide bonds. The molecule has 0 atom stereocenters. The van der Waals surface area contributed by atoms with E-state index in [9.17, 15) is 4.39 Å². The molecule has 0 aliphatic rings. The summed E-state index contributed by atoms with van der Waals surface area (Å²) in [4.78, 5) is 4.30. The topological polar surface area (TPSA) is 62.7 Å². The van der Waals surface area contributed by atoms with Crippen LogP contribution in [-0.2, 0) is 0 Å². The maximum Gasteiger partial charge on any atom is 0.244 e. The molecule has 0 bridgehead atoms. The summed E-state index contributed by atoms with van der Waals surface area (Å²) in [6.07, 6.45) is 2.57. The summed E-state index contributed by atoms with van der Waals surface area (Å²) >= 11 is 0. The maximum absolute atomic E-state index is 12.8. The lowest BCUT2D eigenvalue weighted by Crippen LogP contribution is -2.09. The van der Waals surface area contributed by atoms with Crippen molar-refractivity contribution in [3.8, 4) is 0 Å². The van der Waals surface area contributed by atoms with Crippen molar-refractivity contribution in [2.45, 2.75) is 20.3 Å². The summed E-state index contributed by atoms with van der Waals surface area (Å²) in [5, 5.41) is 14.0. The Hall–Kier alpha value is -2.24. The van der Waals surface area contributed by atoms with Gasteiger partial charge in [-0.2, -0.15) is 10.1 Å². The normalized spacial score (nSPS) is 10.6. The van der Waals surface area contributed by atoms with E-state index in [4.69, 9.17) is 0 Å². The number of nitrogens with zero attached hydrogens (tertiary/aromatic N) is 3. The first kappa shape index (κ1) is 14.2. The number of aromatic nitrogens is 3. The molecule has 0 aliphatic heterocycles. The van der Waals surface area contributed by atoms with Crippen molar-refractivity contribution in [3.05, 3.63) is 36.3 Å². The molecular weight excluding hydrogens is 257 g/mol. The van der Waals surface area contributed by atoms with Crippen LogP contribution in [0.3, 0.4) is 0 Å². The molecule has 1 aromatic carbocycles. The third-order valence-corrected chi connectivity index (χ3v) is 2.68. The Labute approximate surface area is 117 Å². The van der Waals surface area contributed by atoms with Gasteiger partial charge in [0.05, 0.1) is 6.20 Å². The van der Waals surface area contributed by atoms with Crippen LogP contribution in [0.1, 0.15) is 20.3 Å². The average molecular weight is 275 g/mol. The minimum absolute atomic E-state index is 0.271. The van der Waals surface area contributed by atoms with Gasteiger partial charge in [0.15, 0.2) is 5.82 Å². The quantitative estimate of drug-likeness (QED) is 0.847. The third kappa shape index (κ3) is 4.46. The largest absolute Gasteiger partial charge is 0.353 e.